The largest absolute Gasteiger partial charge is 0.493 e. The third kappa shape index (κ3) is 6.03. The lowest BCUT2D eigenvalue weighted by Crippen LogP contribution is -2.48. The maximum atomic E-state index is 12.5. The summed E-state index contributed by atoms with van der Waals surface area (Å²) in [5.74, 6) is 1.94. The number of H-pyrrole nitrogens is 1. The Morgan fingerprint density at radius 2 is 1.88 bits per heavy atom. The van der Waals surface area contributed by atoms with E-state index in [1.54, 1.807) is 0 Å². The zero-order valence-corrected chi connectivity index (χ0v) is 20.0. The third-order valence-corrected chi connectivity index (χ3v) is 7.62. The van der Waals surface area contributed by atoms with Crippen LogP contribution in [0.5, 0.6) is 11.6 Å². The van der Waals surface area contributed by atoms with E-state index in [1.165, 1.54) is 19.3 Å². The Kier molecular flexibility index (Phi) is 7.57. The van der Waals surface area contributed by atoms with Crippen molar-refractivity contribution in [1.29, 1.82) is 0 Å². The van der Waals surface area contributed by atoms with Crippen LogP contribution in [0.25, 0.3) is 10.9 Å². The maximum absolute atomic E-state index is 12.5. The molecule has 1 saturated carbocycles. The zero-order valence-electron chi connectivity index (χ0n) is 20.0. The van der Waals surface area contributed by atoms with Crippen molar-refractivity contribution in [2.24, 2.45) is 5.92 Å². The lowest BCUT2D eigenvalue weighted by molar-refractivity contribution is 0.0620. The lowest BCUT2D eigenvalue weighted by Gasteiger charge is -2.35. The number of likely N-dealkylation sites (tertiary alicyclic amines) is 2. The van der Waals surface area contributed by atoms with Gasteiger partial charge in [-0.1, -0.05) is 12.5 Å². The molecule has 0 bridgehead atoms. The number of nitrogens with zero attached hydrogens (tertiary/aromatic N) is 2. The molecule has 1 amide bonds. The fourth-order valence-corrected chi connectivity index (χ4v) is 5.26. The number of aliphatic hydroxyl groups is 1. The predicted octanol–water partition coefficient (Wildman–Crippen LogP) is 3.36. The molecule has 2 aliphatic heterocycles. The molecule has 5 rings (SSSR count). The highest BCUT2D eigenvalue weighted by Crippen LogP contribution is 2.32. The van der Waals surface area contributed by atoms with E-state index in [4.69, 9.17) is 9.47 Å². The minimum absolute atomic E-state index is 0.131. The highest BCUT2D eigenvalue weighted by molar-refractivity contribution is 5.88. The van der Waals surface area contributed by atoms with Crippen molar-refractivity contribution in [3.8, 4) is 11.6 Å². The van der Waals surface area contributed by atoms with Crippen LogP contribution in [0.2, 0.25) is 0 Å². The molecular formula is C26H38N4O4. The molecule has 1 aromatic heterocycles. The van der Waals surface area contributed by atoms with Gasteiger partial charge in [-0.25, -0.2) is 4.79 Å². The second-order valence-corrected chi connectivity index (χ2v) is 10.2. The summed E-state index contributed by atoms with van der Waals surface area (Å²) in [7, 11) is 0. The molecule has 1 atom stereocenters. The van der Waals surface area contributed by atoms with Gasteiger partial charge in [-0.2, -0.15) is 0 Å². The SMILES string of the molecule is O=C(NC1CCN(CCN2CCC[C@@H](O)C2)CC1)Oc1cc2c(OCC3CCC3)cccc2[nH]1. The Morgan fingerprint density at radius 1 is 1.06 bits per heavy atom. The number of piperidine rings is 2. The zero-order chi connectivity index (χ0) is 23.3. The van der Waals surface area contributed by atoms with Crippen molar-refractivity contribution in [2.75, 3.05) is 45.9 Å². The quantitative estimate of drug-likeness (QED) is 0.548. The van der Waals surface area contributed by atoms with Crippen LogP contribution in [0.1, 0.15) is 44.9 Å². The Bertz CT molecular complexity index is 951. The Hall–Kier alpha value is -2.29. The molecule has 1 aromatic carbocycles. The number of hydrogen-bond acceptors (Lipinski definition) is 6. The van der Waals surface area contributed by atoms with Crippen molar-refractivity contribution in [1.82, 2.24) is 20.1 Å². The molecule has 8 heteroatoms. The van der Waals surface area contributed by atoms with Crippen molar-refractivity contribution in [3.05, 3.63) is 24.3 Å². The number of aromatic amines is 1. The Labute approximate surface area is 201 Å². The first-order valence-corrected chi connectivity index (χ1v) is 13.0. The monoisotopic (exact) mass is 470 g/mol. The van der Waals surface area contributed by atoms with Gasteiger partial charge in [-0.15, -0.1) is 0 Å². The van der Waals surface area contributed by atoms with Gasteiger partial charge in [0.05, 0.1) is 18.2 Å². The fraction of sp³-hybridized carbons (Fsp3) is 0.654. The van der Waals surface area contributed by atoms with Gasteiger partial charge in [0.1, 0.15) is 5.75 Å². The number of aromatic nitrogens is 1. The van der Waals surface area contributed by atoms with Gasteiger partial charge < -0.3 is 29.8 Å². The molecule has 0 spiro atoms. The minimum atomic E-state index is -0.413. The lowest BCUT2D eigenvalue weighted by atomic mass is 9.86. The molecule has 2 aromatic rings. The number of hydrogen-bond donors (Lipinski definition) is 3. The summed E-state index contributed by atoms with van der Waals surface area (Å²) in [4.78, 5) is 20.5. The predicted molar refractivity (Wildman–Crippen MR) is 131 cm³/mol. The molecule has 186 valence electrons. The van der Waals surface area contributed by atoms with Crippen molar-refractivity contribution < 1.29 is 19.4 Å². The molecule has 3 N–H and O–H groups in total. The van der Waals surface area contributed by atoms with Crippen LogP contribution >= 0.6 is 0 Å². The number of amides is 1. The summed E-state index contributed by atoms with van der Waals surface area (Å²) >= 11 is 0. The Morgan fingerprint density at radius 3 is 2.65 bits per heavy atom. The first-order chi connectivity index (χ1) is 16.6. The van der Waals surface area contributed by atoms with Crippen LogP contribution in [0.3, 0.4) is 0 Å². The number of aliphatic hydroxyl groups excluding tert-OH is 1. The molecule has 0 radical (unpaired) electrons. The highest BCUT2D eigenvalue weighted by Gasteiger charge is 2.24. The number of fused-ring (bicyclic) bond motifs is 1. The normalized spacial score (nSPS) is 23.0. The molecule has 2 saturated heterocycles. The summed E-state index contributed by atoms with van der Waals surface area (Å²) in [5, 5.41) is 13.8. The third-order valence-electron chi connectivity index (χ3n) is 7.62. The molecule has 8 nitrogen and oxygen atoms in total. The van der Waals surface area contributed by atoms with Crippen LogP contribution in [0.15, 0.2) is 24.3 Å². The van der Waals surface area contributed by atoms with Gasteiger partial charge in [0.2, 0.25) is 5.88 Å². The average molecular weight is 471 g/mol. The molecule has 0 unspecified atom stereocenters. The van der Waals surface area contributed by atoms with Crippen LogP contribution < -0.4 is 14.8 Å². The summed E-state index contributed by atoms with van der Waals surface area (Å²) in [6, 6.07) is 7.88. The van der Waals surface area contributed by atoms with Gasteiger partial charge in [0, 0.05) is 50.2 Å². The second-order valence-electron chi connectivity index (χ2n) is 10.2. The number of benzene rings is 1. The maximum Gasteiger partial charge on any atom is 0.414 e. The molecule has 1 aliphatic carbocycles. The second kappa shape index (κ2) is 11.0. The molecular weight excluding hydrogens is 432 g/mol. The number of ether oxygens (including phenoxy) is 2. The highest BCUT2D eigenvalue weighted by atomic mass is 16.6. The molecule has 3 heterocycles. The van der Waals surface area contributed by atoms with Crippen LogP contribution in [-0.2, 0) is 0 Å². The van der Waals surface area contributed by atoms with Crippen molar-refractivity contribution in [3.63, 3.8) is 0 Å². The van der Waals surface area contributed by atoms with Crippen LogP contribution in [0, 0.1) is 5.92 Å². The van der Waals surface area contributed by atoms with Gasteiger partial charge in [-0.3, -0.25) is 4.90 Å². The van der Waals surface area contributed by atoms with E-state index in [0.717, 1.165) is 88.2 Å². The van der Waals surface area contributed by atoms with E-state index in [0.29, 0.717) is 11.8 Å². The van der Waals surface area contributed by atoms with Gasteiger partial charge >= 0.3 is 6.09 Å². The van der Waals surface area contributed by atoms with E-state index in [-0.39, 0.29) is 12.1 Å². The number of nitrogens with one attached hydrogen (secondary N) is 2. The van der Waals surface area contributed by atoms with Gasteiger partial charge in [0.15, 0.2) is 0 Å². The number of β-amino-alcohol motifs (C(OH)–C–C–N with tert-alkyl or cyclic N) is 1. The van der Waals surface area contributed by atoms with E-state index in [2.05, 4.69) is 20.1 Å². The number of carbonyl (C=O) groups excluding carboxylic acids is 1. The smallest absolute Gasteiger partial charge is 0.414 e. The number of rotatable bonds is 8. The van der Waals surface area contributed by atoms with E-state index in [9.17, 15) is 9.90 Å². The summed E-state index contributed by atoms with van der Waals surface area (Å²) < 4.78 is 11.6. The van der Waals surface area contributed by atoms with Crippen molar-refractivity contribution >= 4 is 17.0 Å². The summed E-state index contributed by atoms with van der Waals surface area (Å²) in [6.07, 6.45) is 7.07. The van der Waals surface area contributed by atoms with E-state index >= 15 is 0 Å². The van der Waals surface area contributed by atoms with Gasteiger partial charge in [-0.05, 0) is 63.1 Å². The molecule has 3 fully saturated rings. The fourth-order valence-electron chi connectivity index (χ4n) is 5.26. The average Bonchev–Trinajstić information content (AvgIpc) is 3.21. The van der Waals surface area contributed by atoms with E-state index in [1.807, 2.05) is 24.3 Å². The molecule has 3 aliphatic rings. The standard InChI is InChI=1S/C26H38N4O4/c31-21-6-3-11-30(17-21)15-14-29-12-9-20(10-13-29)27-26(32)34-25-16-22-23(28-25)7-2-8-24(22)33-18-19-4-1-5-19/h2,7-8,16,19-21,28,31H,1,3-6,9-15,17-18H2,(H,27,32)/t21-/m1/s1. The van der Waals surface area contributed by atoms with Gasteiger partial charge in [0.25, 0.3) is 0 Å². The van der Waals surface area contributed by atoms with Crippen molar-refractivity contribution in [2.45, 2.75) is 57.1 Å². The summed E-state index contributed by atoms with van der Waals surface area (Å²) in [5.41, 5.74) is 0.906. The van der Waals surface area contributed by atoms with Crippen LogP contribution in [-0.4, -0.2) is 84.0 Å². The topological polar surface area (TPSA) is 90.1 Å². The first kappa shape index (κ1) is 23.5. The minimum Gasteiger partial charge on any atom is -0.493 e. The summed E-state index contributed by atoms with van der Waals surface area (Å²) in [6.45, 7) is 6.59. The number of carbonyl (C=O) groups is 1. The van der Waals surface area contributed by atoms with Crippen LogP contribution in [0.4, 0.5) is 4.79 Å². The van der Waals surface area contributed by atoms with E-state index < -0.39 is 6.09 Å². The Balaban J connectivity index is 1.06. The molecule has 34 heavy (non-hydrogen) atoms. The first-order valence-electron chi connectivity index (χ1n) is 13.0.